The Labute approximate surface area is 172 Å². The largest absolute Gasteiger partial charge is 0.310 e. The minimum atomic E-state index is -1.05. The minimum absolute atomic E-state index is 0.278. The molecule has 2 unspecified atom stereocenters. The van der Waals surface area contributed by atoms with Gasteiger partial charge in [0.05, 0.1) is 11.4 Å². The number of carbonyl (C=O) groups is 1. The molecule has 4 aromatic heterocycles. The van der Waals surface area contributed by atoms with Crippen LogP contribution in [0.1, 0.15) is 31.0 Å². The molecule has 2 atom stereocenters. The Morgan fingerprint density at radius 1 is 1.20 bits per heavy atom. The number of alkyl halides is 1. The van der Waals surface area contributed by atoms with Crippen LogP contribution in [0, 0.1) is 12.8 Å². The molecule has 1 N–H and O–H groups in total. The van der Waals surface area contributed by atoms with E-state index in [9.17, 15) is 9.18 Å². The van der Waals surface area contributed by atoms with E-state index in [4.69, 9.17) is 0 Å². The van der Waals surface area contributed by atoms with Crippen LogP contribution in [0.5, 0.6) is 0 Å². The monoisotopic (exact) mass is 404 g/mol. The molecule has 8 heteroatoms. The number of rotatable bonds is 5. The number of aryl methyl sites for hydroxylation is 2. The zero-order valence-electron chi connectivity index (χ0n) is 16.8. The molecule has 0 bridgehead atoms. The number of nitrogens with zero attached hydrogens (tertiary/aromatic N) is 5. The summed E-state index contributed by atoms with van der Waals surface area (Å²) in [6.07, 6.45) is 6.30. The highest BCUT2D eigenvalue weighted by atomic mass is 19.1. The molecule has 0 spiro atoms. The van der Waals surface area contributed by atoms with Gasteiger partial charge in [0.25, 0.3) is 0 Å². The van der Waals surface area contributed by atoms with Crippen LogP contribution in [0.4, 0.5) is 10.2 Å². The zero-order valence-corrected chi connectivity index (χ0v) is 16.8. The van der Waals surface area contributed by atoms with Crippen molar-refractivity contribution in [3.8, 4) is 11.1 Å². The maximum absolute atomic E-state index is 13.1. The molecule has 1 aliphatic rings. The lowest BCUT2D eigenvalue weighted by molar-refractivity contribution is -0.117. The molecule has 1 aliphatic carbocycles. The minimum Gasteiger partial charge on any atom is -0.310 e. The molecular formula is C22H21FN6O. The number of nitrogens with one attached hydrogen (secondary N) is 1. The summed E-state index contributed by atoms with van der Waals surface area (Å²) in [7, 11) is 0. The van der Waals surface area contributed by atoms with Crippen LogP contribution < -0.4 is 5.32 Å². The number of anilines is 1. The van der Waals surface area contributed by atoms with E-state index in [2.05, 4.69) is 45.3 Å². The zero-order chi connectivity index (χ0) is 20.8. The maximum atomic E-state index is 13.1. The third kappa shape index (κ3) is 3.18. The van der Waals surface area contributed by atoms with Gasteiger partial charge in [-0.3, -0.25) is 9.78 Å². The number of aromatic nitrogens is 5. The molecule has 1 fully saturated rings. The first-order valence-corrected chi connectivity index (χ1v) is 10.1. The number of fused-ring (bicyclic) bond motifs is 3. The molecule has 7 nitrogen and oxygen atoms in total. The predicted octanol–water partition coefficient (Wildman–Crippen LogP) is 3.90. The van der Waals surface area contributed by atoms with Crippen molar-refractivity contribution >= 4 is 28.3 Å². The fourth-order valence-corrected chi connectivity index (χ4v) is 3.78. The van der Waals surface area contributed by atoms with Crippen LogP contribution in [0.2, 0.25) is 0 Å². The number of carbonyl (C=O) groups excluding carboxylic acids is 1. The van der Waals surface area contributed by atoms with Gasteiger partial charge in [-0.05, 0) is 37.5 Å². The van der Waals surface area contributed by atoms with Gasteiger partial charge in [0.2, 0.25) is 5.91 Å². The Balaban J connectivity index is 1.58. The number of hydrogen-bond donors (Lipinski definition) is 1. The van der Waals surface area contributed by atoms with Crippen LogP contribution in [0.25, 0.3) is 27.7 Å². The summed E-state index contributed by atoms with van der Waals surface area (Å²) in [5.74, 6) is -0.532. The summed E-state index contributed by atoms with van der Waals surface area (Å²) in [4.78, 5) is 25.4. The highest BCUT2D eigenvalue weighted by molar-refractivity contribution is 5.97. The SMILES string of the molecule is CCCc1cc(C)c(-c2cc3cnc(NC(=O)C4CC4F)cc3n3ncnc23)cn1. The highest BCUT2D eigenvalue weighted by Crippen LogP contribution is 2.35. The van der Waals surface area contributed by atoms with E-state index in [0.29, 0.717) is 11.5 Å². The molecule has 5 rings (SSSR count). The Morgan fingerprint density at radius 3 is 2.77 bits per heavy atom. The lowest BCUT2D eigenvalue weighted by Crippen LogP contribution is -2.16. The Bertz CT molecular complexity index is 1280. The average Bonchev–Trinajstić information content (AvgIpc) is 3.26. The van der Waals surface area contributed by atoms with Crippen LogP contribution >= 0.6 is 0 Å². The molecule has 4 heterocycles. The standard InChI is InChI=1S/C22H21FN6O/c1-3-4-14-5-12(2)17(10-24-14)15-6-13-9-25-20(28-22(30)16-7-18(16)23)8-19(13)29-21(15)26-11-27-29/h5-6,8-11,16,18H,3-4,7H2,1-2H3,(H,25,28,30). The van der Waals surface area contributed by atoms with Crippen LogP contribution in [-0.2, 0) is 11.2 Å². The van der Waals surface area contributed by atoms with Crippen molar-refractivity contribution in [2.24, 2.45) is 5.92 Å². The van der Waals surface area contributed by atoms with Crippen molar-refractivity contribution in [3.05, 3.63) is 48.2 Å². The van der Waals surface area contributed by atoms with Gasteiger partial charge in [0, 0.05) is 40.7 Å². The van der Waals surface area contributed by atoms with Crippen LogP contribution in [0.15, 0.2) is 36.9 Å². The Hall–Kier alpha value is -3.42. The van der Waals surface area contributed by atoms with Gasteiger partial charge in [0.15, 0.2) is 5.65 Å². The third-order valence-corrected chi connectivity index (χ3v) is 5.49. The number of pyridine rings is 3. The molecule has 0 saturated heterocycles. The summed E-state index contributed by atoms with van der Waals surface area (Å²) in [5.41, 5.74) is 5.58. The van der Waals surface area contributed by atoms with Gasteiger partial charge < -0.3 is 5.32 Å². The number of halogens is 1. The molecule has 152 valence electrons. The van der Waals surface area contributed by atoms with Gasteiger partial charge in [-0.2, -0.15) is 5.10 Å². The van der Waals surface area contributed by atoms with E-state index in [1.807, 2.05) is 12.3 Å². The van der Waals surface area contributed by atoms with Gasteiger partial charge in [-0.25, -0.2) is 18.9 Å². The third-order valence-electron chi connectivity index (χ3n) is 5.49. The predicted molar refractivity (Wildman–Crippen MR) is 112 cm³/mol. The molecule has 0 radical (unpaired) electrons. The fraction of sp³-hybridized carbons (Fsp3) is 0.318. The quantitative estimate of drug-likeness (QED) is 0.545. The van der Waals surface area contributed by atoms with E-state index >= 15 is 0 Å². The van der Waals surface area contributed by atoms with Crippen molar-refractivity contribution in [2.45, 2.75) is 39.3 Å². The van der Waals surface area contributed by atoms with Gasteiger partial charge in [-0.1, -0.05) is 13.3 Å². The molecule has 0 aromatic carbocycles. The molecule has 1 amide bonds. The summed E-state index contributed by atoms with van der Waals surface area (Å²) in [6.45, 7) is 4.21. The lowest BCUT2D eigenvalue weighted by Gasteiger charge is -2.12. The number of hydrogen-bond acceptors (Lipinski definition) is 5. The van der Waals surface area contributed by atoms with E-state index in [-0.39, 0.29) is 12.3 Å². The Morgan fingerprint density at radius 2 is 2.03 bits per heavy atom. The van der Waals surface area contributed by atoms with E-state index in [0.717, 1.165) is 46.1 Å². The summed E-state index contributed by atoms with van der Waals surface area (Å²) in [6, 6.07) is 5.87. The van der Waals surface area contributed by atoms with Crippen molar-refractivity contribution in [1.29, 1.82) is 0 Å². The van der Waals surface area contributed by atoms with Crippen molar-refractivity contribution in [2.75, 3.05) is 5.32 Å². The topological polar surface area (TPSA) is 85.1 Å². The van der Waals surface area contributed by atoms with E-state index in [1.54, 1.807) is 16.8 Å². The van der Waals surface area contributed by atoms with Crippen molar-refractivity contribution in [3.63, 3.8) is 0 Å². The van der Waals surface area contributed by atoms with Gasteiger partial charge >= 0.3 is 0 Å². The Kier molecular flexibility index (Phi) is 4.42. The first-order chi connectivity index (χ1) is 14.5. The van der Waals surface area contributed by atoms with E-state index < -0.39 is 12.1 Å². The second-order valence-corrected chi connectivity index (χ2v) is 7.77. The molecule has 4 aromatic rings. The molecule has 0 aliphatic heterocycles. The average molecular weight is 404 g/mol. The molecule has 1 saturated carbocycles. The van der Waals surface area contributed by atoms with E-state index in [1.165, 1.54) is 6.33 Å². The molecule has 30 heavy (non-hydrogen) atoms. The first-order valence-electron chi connectivity index (χ1n) is 10.1. The van der Waals surface area contributed by atoms with Gasteiger partial charge in [0.1, 0.15) is 18.3 Å². The summed E-state index contributed by atoms with van der Waals surface area (Å²) >= 11 is 0. The smallest absolute Gasteiger partial charge is 0.231 e. The van der Waals surface area contributed by atoms with Crippen molar-refractivity contribution in [1.82, 2.24) is 24.6 Å². The molecular weight excluding hydrogens is 383 g/mol. The second-order valence-electron chi connectivity index (χ2n) is 7.77. The van der Waals surface area contributed by atoms with Crippen LogP contribution in [-0.4, -0.2) is 36.6 Å². The normalized spacial score (nSPS) is 18.1. The van der Waals surface area contributed by atoms with Crippen molar-refractivity contribution < 1.29 is 9.18 Å². The summed E-state index contributed by atoms with van der Waals surface area (Å²) in [5, 5.41) is 7.92. The highest BCUT2D eigenvalue weighted by Gasteiger charge is 2.43. The van der Waals surface area contributed by atoms with Gasteiger partial charge in [-0.15, -0.1) is 0 Å². The first kappa shape index (κ1) is 18.6. The number of amides is 1. The maximum Gasteiger partial charge on any atom is 0.231 e. The van der Waals surface area contributed by atoms with Crippen LogP contribution in [0.3, 0.4) is 0 Å². The fourth-order valence-electron chi connectivity index (χ4n) is 3.78. The lowest BCUT2D eigenvalue weighted by atomic mass is 10.0. The summed E-state index contributed by atoms with van der Waals surface area (Å²) < 4.78 is 14.9. The second kappa shape index (κ2) is 7.12.